The van der Waals surface area contributed by atoms with Crippen LogP contribution in [0.3, 0.4) is 0 Å². The topological polar surface area (TPSA) is 21.3 Å². The summed E-state index contributed by atoms with van der Waals surface area (Å²) in [6.07, 6.45) is 0. The minimum Gasteiger partial charge on any atom is -0.491 e. The van der Waals surface area contributed by atoms with Crippen LogP contribution in [0.5, 0.6) is 5.75 Å². The number of rotatable bonds is 0. The number of hydrogen-bond acceptors (Lipinski definition) is 2. The monoisotopic (exact) mass is 181 g/mol. The second-order valence-corrected chi connectivity index (χ2v) is 3.44. The maximum atomic E-state index is 12.8. The molecule has 1 aromatic rings. The van der Waals surface area contributed by atoms with Gasteiger partial charge >= 0.3 is 0 Å². The van der Waals surface area contributed by atoms with Crippen molar-refractivity contribution in [2.75, 3.05) is 18.5 Å². The van der Waals surface area contributed by atoms with Gasteiger partial charge in [-0.2, -0.15) is 0 Å². The Balaban J connectivity index is 2.30. The molecule has 1 N–H and O–H groups in total. The van der Waals surface area contributed by atoms with Crippen molar-refractivity contribution in [3.63, 3.8) is 0 Å². The third-order valence-electron chi connectivity index (χ3n) is 2.11. The second kappa shape index (κ2) is 3.24. The molecule has 1 aromatic carbocycles. The van der Waals surface area contributed by atoms with E-state index < -0.39 is 0 Å². The van der Waals surface area contributed by atoms with Crippen LogP contribution >= 0.6 is 0 Å². The molecule has 0 saturated carbocycles. The van der Waals surface area contributed by atoms with Crippen molar-refractivity contribution < 1.29 is 9.13 Å². The summed E-state index contributed by atoms with van der Waals surface area (Å²) in [7, 11) is 0. The van der Waals surface area contributed by atoms with E-state index in [1.54, 1.807) is 6.07 Å². The molecular weight excluding hydrogens is 169 g/mol. The Kier molecular flexibility index (Phi) is 2.08. The maximum Gasteiger partial charge on any atom is 0.142 e. The van der Waals surface area contributed by atoms with Gasteiger partial charge in [0.15, 0.2) is 0 Å². The van der Waals surface area contributed by atoms with Crippen LogP contribution in [0.2, 0.25) is 0 Å². The SMILES string of the molecule is CC1CNc2cc(F)ccc2OC1. The van der Waals surface area contributed by atoms with Gasteiger partial charge in [0.2, 0.25) is 0 Å². The van der Waals surface area contributed by atoms with Crippen molar-refractivity contribution >= 4 is 5.69 Å². The van der Waals surface area contributed by atoms with E-state index in [2.05, 4.69) is 12.2 Å². The summed E-state index contributed by atoms with van der Waals surface area (Å²) in [6, 6.07) is 4.54. The highest BCUT2D eigenvalue weighted by atomic mass is 19.1. The molecule has 1 heterocycles. The largest absolute Gasteiger partial charge is 0.491 e. The summed E-state index contributed by atoms with van der Waals surface area (Å²) in [5.41, 5.74) is 0.754. The highest BCUT2D eigenvalue weighted by molar-refractivity contribution is 5.57. The number of fused-ring (bicyclic) bond motifs is 1. The smallest absolute Gasteiger partial charge is 0.142 e. The Morgan fingerprint density at radius 3 is 3.23 bits per heavy atom. The first-order valence-corrected chi connectivity index (χ1v) is 4.42. The van der Waals surface area contributed by atoms with Crippen LogP contribution in [0.25, 0.3) is 0 Å². The Bertz CT molecular complexity index is 314. The van der Waals surface area contributed by atoms with Gasteiger partial charge in [0.05, 0.1) is 12.3 Å². The standard InChI is InChI=1S/C10H12FNO/c1-7-5-12-9-4-8(11)2-3-10(9)13-6-7/h2-4,7,12H,5-6H2,1H3. The van der Waals surface area contributed by atoms with Gasteiger partial charge in [-0.15, -0.1) is 0 Å². The van der Waals surface area contributed by atoms with Crippen molar-refractivity contribution in [2.45, 2.75) is 6.92 Å². The number of benzene rings is 1. The van der Waals surface area contributed by atoms with E-state index in [1.165, 1.54) is 12.1 Å². The third-order valence-corrected chi connectivity index (χ3v) is 2.11. The molecule has 1 unspecified atom stereocenters. The van der Waals surface area contributed by atoms with E-state index in [-0.39, 0.29) is 5.82 Å². The molecule has 70 valence electrons. The molecule has 0 aliphatic carbocycles. The molecule has 1 aliphatic heterocycles. The van der Waals surface area contributed by atoms with E-state index in [0.717, 1.165) is 18.0 Å². The number of anilines is 1. The van der Waals surface area contributed by atoms with E-state index in [1.807, 2.05) is 0 Å². The number of hydrogen-bond donors (Lipinski definition) is 1. The Morgan fingerprint density at radius 1 is 1.54 bits per heavy atom. The molecule has 0 aromatic heterocycles. The van der Waals surface area contributed by atoms with E-state index >= 15 is 0 Å². The van der Waals surface area contributed by atoms with Crippen LogP contribution in [0.4, 0.5) is 10.1 Å². The zero-order valence-electron chi connectivity index (χ0n) is 7.51. The second-order valence-electron chi connectivity index (χ2n) is 3.44. The molecule has 1 aliphatic rings. The van der Waals surface area contributed by atoms with E-state index in [4.69, 9.17) is 4.74 Å². The Hall–Kier alpha value is -1.25. The normalized spacial score (nSPS) is 20.9. The highest BCUT2D eigenvalue weighted by Crippen LogP contribution is 2.27. The molecule has 1 atom stereocenters. The summed E-state index contributed by atoms with van der Waals surface area (Å²) < 4.78 is 18.3. The van der Waals surface area contributed by atoms with Gasteiger partial charge in [0.1, 0.15) is 11.6 Å². The molecule has 0 radical (unpaired) electrons. The first kappa shape index (κ1) is 8.35. The third kappa shape index (κ3) is 1.74. The van der Waals surface area contributed by atoms with Gasteiger partial charge in [-0.1, -0.05) is 6.92 Å². The molecule has 3 heteroatoms. The van der Waals surface area contributed by atoms with Gasteiger partial charge < -0.3 is 10.1 Å². The van der Waals surface area contributed by atoms with Crippen molar-refractivity contribution in [3.05, 3.63) is 24.0 Å². The van der Waals surface area contributed by atoms with Crippen LogP contribution in [-0.2, 0) is 0 Å². The first-order chi connectivity index (χ1) is 6.25. The molecule has 0 saturated heterocycles. The Morgan fingerprint density at radius 2 is 2.38 bits per heavy atom. The number of halogens is 1. The lowest BCUT2D eigenvalue weighted by molar-refractivity contribution is 0.275. The van der Waals surface area contributed by atoms with Gasteiger partial charge in [-0.3, -0.25) is 0 Å². The fourth-order valence-electron chi connectivity index (χ4n) is 1.34. The van der Waals surface area contributed by atoms with Gasteiger partial charge in [0, 0.05) is 18.5 Å². The first-order valence-electron chi connectivity index (χ1n) is 4.42. The molecule has 0 fully saturated rings. The summed E-state index contributed by atoms with van der Waals surface area (Å²) >= 11 is 0. The maximum absolute atomic E-state index is 12.8. The van der Waals surface area contributed by atoms with Crippen molar-refractivity contribution in [1.29, 1.82) is 0 Å². The summed E-state index contributed by atoms with van der Waals surface area (Å²) in [4.78, 5) is 0. The number of nitrogens with one attached hydrogen (secondary N) is 1. The molecule has 0 spiro atoms. The molecule has 2 rings (SSSR count). The van der Waals surface area contributed by atoms with Gasteiger partial charge in [-0.25, -0.2) is 4.39 Å². The molecule has 13 heavy (non-hydrogen) atoms. The van der Waals surface area contributed by atoms with Crippen LogP contribution in [0.15, 0.2) is 18.2 Å². The average Bonchev–Trinajstić information content (AvgIpc) is 2.29. The van der Waals surface area contributed by atoms with Gasteiger partial charge in [0.25, 0.3) is 0 Å². The van der Waals surface area contributed by atoms with Crippen molar-refractivity contribution in [2.24, 2.45) is 5.92 Å². The summed E-state index contributed by atoms with van der Waals surface area (Å²) in [5.74, 6) is 0.964. The van der Waals surface area contributed by atoms with Crippen LogP contribution < -0.4 is 10.1 Å². The Labute approximate surface area is 76.7 Å². The lowest BCUT2D eigenvalue weighted by atomic mass is 10.2. The zero-order valence-corrected chi connectivity index (χ0v) is 7.51. The van der Waals surface area contributed by atoms with Crippen LogP contribution in [-0.4, -0.2) is 13.2 Å². The van der Waals surface area contributed by atoms with E-state index in [0.29, 0.717) is 12.5 Å². The van der Waals surface area contributed by atoms with Gasteiger partial charge in [-0.05, 0) is 12.1 Å². The molecular formula is C10H12FNO. The predicted octanol–water partition coefficient (Wildman–Crippen LogP) is 2.27. The van der Waals surface area contributed by atoms with Crippen LogP contribution in [0, 0.1) is 11.7 Å². The molecule has 2 nitrogen and oxygen atoms in total. The number of ether oxygens (including phenoxy) is 1. The zero-order chi connectivity index (χ0) is 9.26. The van der Waals surface area contributed by atoms with Crippen molar-refractivity contribution in [3.8, 4) is 5.75 Å². The lowest BCUT2D eigenvalue weighted by Gasteiger charge is -2.06. The highest BCUT2D eigenvalue weighted by Gasteiger charge is 2.12. The lowest BCUT2D eigenvalue weighted by Crippen LogP contribution is -2.13. The summed E-state index contributed by atoms with van der Waals surface area (Å²) in [6.45, 7) is 3.61. The van der Waals surface area contributed by atoms with E-state index in [9.17, 15) is 4.39 Å². The quantitative estimate of drug-likeness (QED) is 0.663. The fourth-order valence-corrected chi connectivity index (χ4v) is 1.34. The molecule has 0 amide bonds. The fraction of sp³-hybridized carbons (Fsp3) is 0.400. The predicted molar refractivity (Wildman–Crippen MR) is 49.5 cm³/mol. The van der Waals surface area contributed by atoms with Crippen molar-refractivity contribution in [1.82, 2.24) is 0 Å². The summed E-state index contributed by atoms with van der Waals surface area (Å²) in [5, 5.41) is 3.15. The molecule has 0 bridgehead atoms. The average molecular weight is 181 g/mol. The minimum absolute atomic E-state index is 0.232. The van der Waals surface area contributed by atoms with Crippen LogP contribution in [0.1, 0.15) is 6.92 Å². The minimum atomic E-state index is -0.232.